The highest BCUT2D eigenvalue weighted by Crippen LogP contribution is 2.31. The molecule has 1 saturated heterocycles. The maximum atomic E-state index is 14.5. The summed E-state index contributed by atoms with van der Waals surface area (Å²) in [5.41, 5.74) is 1.92. The summed E-state index contributed by atoms with van der Waals surface area (Å²) in [7, 11) is 0. The van der Waals surface area contributed by atoms with E-state index in [1.807, 2.05) is 6.07 Å². The Morgan fingerprint density at radius 1 is 1.33 bits per heavy atom. The molecular weight excluding hydrogens is 263 g/mol. The minimum atomic E-state index is -0.0767. The number of benzene rings is 1. The lowest BCUT2D eigenvalue weighted by atomic mass is 10.0. The zero-order chi connectivity index (χ0) is 15.2. The standard InChI is InChI=1S/C18H29FN2/c1-4-11-20-15(3)16-8-5-9-17(19)18(16)21-12-6-7-14(2)10-13-21/h5,8-9,14-15,20H,4,6-7,10-13H2,1-3H3. The molecule has 0 radical (unpaired) electrons. The van der Waals surface area contributed by atoms with E-state index in [0.29, 0.717) is 0 Å². The van der Waals surface area contributed by atoms with Crippen LogP contribution in [0.5, 0.6) is 0 Å². The van der Waals surface area contributed by atoms with Crippen LogP contribution in [-0.2, 0) is 0 Å². The van der Waals surface area contributed by atoms with Gasteiger partial charge in [-0.1, -0.05) is 26.0 Å². The maximum absolute atomic E-state index is 14.5. The fraction of sp³-hybridized carbons (Fsp3) is 0.667. The summed E-state index contributed by atoms with van der Waals surface area (Å²) in [5.74, 6) is 0.674. The van der Waals surface area contributed by atoms with Gasteiger partial charge in [-0.2, -0.15) is 0 Å². The maximum Gasteiger partial charge on any atom is 0.146 e. The van der Waals surface area contributed by atoms with Crippen LogP contribution in [0.1, 0.15) is 58.1 Å². The molecule has 1 aliphatic rings. The van der Waals surface area contributed by atoms with Gasteiger partial charge >= 0.3 is 0 Å². The smallest absolute Gasteiger partial charge is 0.146 e. The van der Waals surface area contributed by atoms with Crippen LogP contribution < -0.4 is 10.2 Å². The number of anilines is 1. The minimum Gasteiger partial charge on any atom is -0.369 e. The van der Waals surface area contributed by atoms with Crippen LogP contribution in [0.2, 0.25) is 0 Å². The summed E-state index contributed by atoms with van der Waals surface area (Å²) in [6.07, 6.45) is 4.66. The molecule has 3 heteroatoms. The van der Waals surface area contributed by atoms with Crippen molar-refractivity contribution in [3.63, 3.8) is 0 Å². The van der Waals surface area contributed by atoms with Crippen LogP contribution in [0.25, 0.3) is 0 Å². The van der Waals surface area contributed by atoms with E-state index in [1.165, 1.54) is 6.42 Å². The van der Waals surface area contributed by atoms with E-state index < -0.39 is 0 Å². The Bertz CT molecular complexity index is 447. The molecule has 0 bridgehead atoms. The molecule has 2 nitrogen and oxygen atoms in total. The van der Waals surface area contributed by atoms with Gasteiger partial charge in [-0.05, 0) is 56.7 Å². The molecule has 0 saturated carbocycles. The molecule has 1 aromatic carbocycles. The van der Waals surface area contributed by atoms with Crippen molar-refractivity contribution in [2.24, 2.45) is 5.92 Å². The SMILES string of the molecule is CCCNC(C)c1cccc(F)c1N1CCCC(C)CC1. The monoisotopic (exact) mass is 292 g/mol. The first-order valence-electron chi connectivity index (χ1n) is 8.40. The van der Waals surface area contributed by atoms with E-state index in [4.69, 9.17) is 0 Å². The summed E-state index contributed by atoms with van der Waals surface area (Å²) >= 11 is 0. The minimum absolute atomic E-state index is 0.0767. The summed E-state index contributed by atoms with van der Waals surface area (Å²) in [6, 6.07) is 5.69. The third-order valence-corrected chi connectivity index (χ3v) is 4.52. The van der Waals surface area contributed by atoms with Crippen molar-refractivity contribution in [1.29, 1.82) is 0 Å². The first kappa shape index (κ1) is 16.3. The van der Waals surface area contributed by atoms with Crippen LogP contribution in [0.4, 0.5) is 10.1 Å². The summed E-state index contributed by atoms with van der Waals surface area (Å²) in [5, 5.41) is 3.49. The van der Waals surface area contributed by atoms with Crippen molar-refractivity contribution in [3.05, 3.63) is 29.6 Å². The average Bonchev–Trinajstić information content (AvgIpc) is 2.69. The second-order valence-corrected chi connectivity index (χ2v) is 6.38. The van der Waals surface area contributed by atoms with Gasteiger partial charge < -0.3 is 10.2 Å². The Balaban J connectivity index is 2.24. The Kier molecular flexibility index (Phi) is 6.04. The largest absolute Gasteiger partial charge is 0.369 e. The highest BCUT2D eigenvalue weighted by atomic mass is 19.1. The van der Waals surface area contributed by atoms with Gasteiger partial charge in [-0.25, -0.2) is 4.39 Å². The number of nitrogens with one attached hydrogen (secondary N) is 1. The molecule has 1 N–H and O–H groups in total. The highest BCUT2D eigenvalue weighted by molar-refractivity contribution is 5.56. The first-order valence-corrected chi connectivity index (χ1v) is 8.40. The van der Waals surface area contributed by atoms with Crippen molar-refractivity contribution >= 4 is 5.69 Å². The molecule has 1 aromatic rings. The van der Waals surface area contributed by atoms with Crippen LogP contribution in [0, 0.1) is 11.7 Å². The molecule has 118 valence electrons. The zero-order valence-electron chi connectivity index (χ0n) is 13.7. The number of halogens is 1. The lowest BCUT2D eigenvalue weighted by Gasteiger charge is -2.28. The average molecular weight is 292 g/mol. The molecule has 1 aliphatic heterocycles. The quantitative estimate of drug-likeness (QED) is 0.859. The number of rotatable bonds is 5. The van der Waals surface area contributed by atoms with E-state index >= 15 is 0 Å². The molecule has 0 aromatic heterocycles. The molecule has 0 spiro atoms. The predicted molar refractivity (Wildman–Crippen MR) is 88.3 cm³/mol. The molecular formula is C18H29FN2. The van der Waals surface area contributed by atoms with Crippen molar-refractivity contribution in [2.45, 2.75) is 52.5 Å². The molecule has 0 aliphatic carbocycles. The Labute approximate surface area is 128 Å². The first-order chi connectivity index (χ1) is 10.1. The van der Waals surface area contributed by atoms with Gasteiger partial charge in [-0.15, -0.1) is 0 Å². The van der Waals surface area contributed by atoms with E-state index in [2.05, 4.69) is 37.1 Å². The van der Waals surface area contributed by atoms with E-state index in [-0.39, 0.29) is 11.9 Å². The zero-order valence-corrected chi connectivity index (χ0v) is 13.7. The fourth-order valence-electron chi connectivity index (χ4n) is 3.17. The second-order valence-electron chi connectivity index (χ2n) is 6.38. The van der Waals surface area contributed by atoms with Gasteiger partial charge in [0.2, 0.25) is 0 Å². The normalized spacial score (nSPS) is 21.1. The summed E-state index contributed by atoms with van der Waals surface area (Å²) in [4.78, 5) is 2.26. The lowest BCUT2D eigenvalue weighted by Crippen LogP contribution is -2.29. The van der Waals surface area contributed by atoms with Crippen LogP contribution in [0.3, 0.4) is 0 Å². The van der Waals surface area contributed by atoms with E-state index in [0.717, 1.165) is 56.1 Å². The number of nitrogens with zero attached hydrogens (tertiary/aromatic N) is 1. The Morgan fingerprint density at radius 2 is 2.14 bits per heavy atom. The molecule has 1 heterocycles. The van der Waals surface area contributed by atoms with Gasteiger partial charge in [-0.3, -0.25) is 0 Å². The van der Waals surface area contributed by atoms with E-state index in [9.17, 15) is 4.39 Å². The van der Waals surface area contributed by atoms with Crippen LogP contribution in [-0.4, -0.2) is 19.6 Å². The van der Waals surface area contributed by atoms with Gasteiger partial charge in [0.25, 0.3) is 0 Å². The van der Waals surface area contributed by atoms with Crippen molar-refractivity contribution in [1.82, 2.24) is 5.32 Å². The molecule has 2 atom stereocenters. The second kappa shape index (κ2) is 7.79. The highest BCUT2D eigenvalue weighted by Gasteiger charge is 2.21. The lowest BCUT2D eigenvalue weighted by molar-refractivity contribution is 0.520. The van der Waals surface area contributed by atoms with Gasteiger partial charge in [0.15, 0.2) is 0 Å². The molecule has 0 amide bonds. The van der Waals surface area contributed by atoms with Gasteiger partial charge in [0.1, 0.15) is 5.82 Å². The molecule has 2 unspecified atom stereocenters. The fourth-order valence-corrected chi connectivity index (χ4v) is 3.17. The summed E-state index contributed by atoms with van der Waals surface area (Å²) < 4.78 is 14.5. The third-order valence-electron chi connectivity index (χ3n) is 4.52. The van der Waals surface area contributed by atoms with Crippen molar-refractivity contribution < 1.29 is 4.39 Å². The van der Waals surface area contributed by atoms with Crippen molar-refractivity contribution in [3.8, 4) is 0 Å². The van der Waals surface area contributed by atoms with Gasteiger partial charge in [0, 0.05) is 19.1 Å². The number of hydrogen-bond acceptors (Lipinski definition) is 2. The number of para-hydroxylation sites is 1. The Morgan fingerprint density at radius 3 is 2.90 bits per heavy atom. The van der Waals surface area contributed by atoms with Crippen molar-refractivity contribution in [2.75, 3.05) is 24.5 Å². The number of hydrogen-bond donors (Lipinski definition) is 1. The van der Waals surface area contributed by atoms with Gasteiger partial charge in [0.05, 0.1) is 5.69 Å². The molecule has 1 fully saturated rings. The third kappa shape index (κ3) is 4.19. The molecule has 2 rings (SSSR count). The Hall–Kier alpha value is -1.09. The van der Waals surface area contributed by atoms with Crippen LogP contribution in [0.15, 0.2) is 18.2 Å². The molecule has 21 heavy (non-hydrogen) atoms. The summed E-state index contributed by atoms with van der Waals surface area (Å²) in [6.45, 7) is 9.50. The van der Waals surface area contributed by atoms with E-state index in [1.54, 1.807) is 6.07 Å². The van der Waals surface area contributed by atoms with Crippen LogP contribution >= 0.6 is 0 Å². The predicted octanol–water partition coefficient (Wildman–Crippen LogP) is 4.51. The topological polar surface area (TPSA) is 15.3 Å².